The summed E-state index contributed by atoms with van der Waals surface area (Å²) in [5.74, 6) is 0. The van der Waals surface area contributed by atoms with Crippen molar-refractivity contribution in [1.29, 1.82) is 0 Å². The topological polar surface area (TPSA) is 6.48 Å². The normalized spacial score (nSPS) is 24.5. The minimum atomic E-state index is -2.12. The van der Waals surface area contributed by atoms with Crippen molar-refractivity contribution in [3.05, 3.63) is 24.3 Å². The van der Waals surface area contributed by atoms with E-state index in [9.17, 15) is 0 Å². The van der Waals surface area contributed by atoms with Crippen LogP contribution in [-0.2, 0) is 0 Å². The van der Waals surface area contributed by atoms with Gasteiger partial charge in [0.25, 0.3) is 0 Å². The Labute approximate surface area is 96.7 Å². The van der Waals surface area contributed by atoms with Crippen LogP contribution in [0.1, 0.15) is 31.8 Å². The first-order chi connectivity index (χ1) is 8.14. The number of fused-ring (bicyclic) bond motifs is 1. The summed E-state index contributed by atoms with van der Waals surface area (Å²) in [4.78, 5) is 3.68. The van der Waals surface area contributed by atoms with E-state index in [1.54, 1.807) is 0 Å². The molecule has 1 aromatic carbocycles. The Bertz CT molecular complexity index is 407. The van der Waals surface area contributed by atoms with Crippen molar-refractivity contribution in [3.63, 3.8) is 0 Å². The van der Waals surface area contributed by atoms with Gasteiger partial charge in [0.15, 0.2) is 0 Å². The first-order valence-electron chi connectivity index (χ1n) is 6.82. The molecule has 0 aliphatic carbocycles. The number of benzene rings is 1. The van der Waals surface area contributed by atoms with E-state index in [4.69, 9.17) is 4.11 Å². The van der Waals surface area contributed by atoms with Crippen molar-refractivity contribution in [1.82, 2.24) is 0 Å². The van der Waals surface area contributed by atoms with Gasteiger partial charge in [-0.2, -0.15) is 0 Å². The highest BCUT2D eigenvalue weighted by Gasteiger charge is 2.36. The van der Waals surface area contributed by atoms with Gasteiger partial charge in [-0.25, -0.2) is 0 Å². The van der Waals surface area contributed by atoms with E-state index < -0.39 is 6.98 Å². The van der Waals surface area contributed by atoms with E-state index in [1.807, 2.05) is 31.2 Å². The summed E-state index contributed by atoms with van der Waals surface area (Å²) in [7, 11) is 0. The van der Waals surface area contributed by atoms with Crippen LogP contribution < -0.4 is 9.80 Å². The van der Waals surface area contributed by atoms with Crippen LogP contribution >= 0.6 is 0 Å². The van der Waals surface area contributed by atoms with Crippen LogP contribution in [0.25, 0.3) is 0 Å². The molecule has 0 amide bonds. The van der Waals surface area contributed by atoms with Crippen LogP contribution in [0.15, 0.2) is 24.3 Å². The number of anilines is 2. The van der Waals surface area contributed by atoms with Gasteiger partial charge in [0.05, 0.1) is 17.5 Å². The summed E-state index contributed by atoms with van der Waals surface area (Å²) in [5, 5.41) is 0. The Morgan fingerprint density at radius 3 is 2.33 bits per heavy atom. The quantitative estimate of drug-likeness (QED) is 0.645. The van der Waals surface area contributed by atoms with E-state index in [0.717, 1.165) is 11.4 Å². The molecule has 2 nitrogen and oxygen atoms in total. The second-order valence-corrected chi connectivity index (χ2v) is 5.03. The summed E-state index contributed by atoms with van der Waals surface area (Å²) < 4.78 is 23.2. The molecule has 1 aromatic rings. The summed E-state index contributed by atoms with van der Waals surface area (Å²) in [5.41, 5.74) is 1.67. The number of para-hydroxylation sites is 2. The summed E-state index contributed by atoms with van der Waals surface area (Å²) in [6.45, 7) is 6.13. The van der Waals surface area contributed by atoms with Gasteiger partial charge in [0.2, 0.25) is 0 Å². The lowest BCUT2D eigenvalue weighted by Crippen LogP contribution is -2.49. The van der Waals surface area contributed by atoms with Crippen LogP contribution in [-0.4, -0.2) is 18.7 Å². The lowest BCUT2D eigenvalue weighted by atomic mass is 10.0. The third-order valence-electron chi connectivity index (χ3n) is 2.87. The largest absolute Gasteiger partial charge is 0.353 e. The number of rotatable bonds is 0. The van der Waals surface area contributed by atoms with Crippen LogP contribution in [0, 0.1) is 0 Å². The molecule has 0 unspecified atom stereocenters. The molecule has 0 aromatic heterocycles. The molecule has 82 valence electrons. The third kappa shape index (κ3) is 1.48. The van der Waals surface area contributed by atoms with Crippen molar-refractivity contribution in [2.45, 2.75) is 39.4 Å². The smallest absolute Gasteiger partial charge is 0.0990 e. The van der Waals surface area contributed by atoms with E-state index >= 15 is 0 Å². The van der Waals surface area contributed by atoms with E-state index in [0.29, 0.717) is 0 Å². The van der Waals surface area contributed by atoms with Crippen LogP contribution in [0.5, 0.6) is 0 Å². The molecule has 0 bridgehead atoms. The molecule has 0 N–H and O–H groups in total. The van der Waals surface area contributed by atoms with Gasteiger partial charge in [0.1, 0.15) is 0 Å². The molecule has 1 aliphatic rings. The number of hydrogen-bond acceptors (Lipinski definition) is 2. The number of nitrogens with zero attached hydrogens (tertiary/aromatic N) is 2. The van der Waals surface area contributed by atoms with Gasteiger partial charge in [-0.3, -0.25) is 0 Å². The second-order valence-electron chi connectivity index (χ2n) is 5.03. The lowest BCUT2D eigenvalue weighted by molar-refractivity contribution is 0.464. The predicted octanol–water partition coefficient (Wildman–Crippen LogP) is 3.09. The maximum absolute atomic E-state index is 7.72. The fraction of sp³-hybridized carbons (Fsp3) is 0.538. The lowest BCUT2D eigenvalue weighted by Gasteiger charge is -2.39. The molecule has 2 heteroatoms. The molecule has 0 saturated heterocycles. The molecule has 0 radical (unpaired) electrons. The van der Waals surface area contributed by atoms with Gasteiger partial charge in [0, 0.05) is 16.6 Å². The minimum absolute atomic E-state index is 0.116. The first-order valence-corrected chi connectivity index (χ1v) is 5.32. The molecular weight excluding hydrogens is 184 g/mol. The monoisotopic (exact) mass is 207 g/mol. The molecular formula is C13H20N2. The standard InChI is InChI=1S/C13H20N2/c1-10-14(5)11-8-6-7-9-12(11)15(10)13(2,3)4/h6-10H,1-5H3/t10-/m0/s1/i5D3. The van der Waals surface area contributed by atoms with E-state index in [-0.39, 0.29) is 11.7 Å². The maximum atomic E-state index is 7.72. The first kappa shape index (κ1) is 7.15. The average Bonchev–Trinajstić information content (AvgIpc) is 2.47. The van der Waals surface area contributed by atoms with Crippen LogP contribution in [0.2, 0.25) is 0 Å². The van der Waals surface area contributed by atoms with Crippen molar-refractivity contribution in [3.8, 4) is 0 Å². The minimum Gasteiger partial charge on any atom is -0.353 e. The van der Waals surface area contributed by atoms with Crippen LogP contribution in [0.4, 0.5) is 11.4 Å². The SMILES string of the molecule is [2H]C([2H])([2H])N1c2ccccc2N(C(C)(C)C)[C@H]1C. The van der Waals surface area contributed by atoms with Crippen molar-refractivity contribution >= 4 is 11.4 Å². The summed E-state index contributed by atoms with van der Waals surface area (Å²) in [6, 6.07) is 7.70. The summed E-state index contributed by atoms with van der Waals surface area (Å²) >= 11 is 0. The van der Waals surface area contributed by atoms with Crippen LogP contribution in [0.3, 0.4) is 0 Å². The Morgan fingerprint density at radius 2 is 1.80 bits per heavy atom. The van der Waals surface area contributed by atoms with Crippen molar-refractivity contribution < 1.29 is 4.11 Å². The van der Waals surface area contributed by atoms with E-state index in [2.05, 4.69) is 25.7 Å². The zero-order chi connectivity index (χ0) is 13.7. The number of hydrogen-bond donors (Lipinski definition) is 0. The molecule has 1 atom stereocenters. The Kier molecular flexibility index (Phi) is 1.51. The highest BCUT2D eigenvalue weighted by atomic mass is 15.4. The van der Waals surface area contributed by atoms with Gasteiger partial charge in [-0.05, 0) is 39.8 Å². The Balaban J connectivity index is 2.57. The fourth-order valence-corrected chi connectivity index (χ4v) is 2.31. The van der Waals surface area contributed by atoms with Gasteiger partial charge in [-0.1, -0.05) is 12.1 Å². The molecule has 15 heavy (non-hydrogen) atoms. The second kappa shape index (κ2) is 3.16. The van der Waals surface area contributed by atoms with Gasteiger partial charge in [-0.15, -0.1) is 0 Å². The van der Waals surface area contributed by atoms with Gasteiger partial charge < -0.3 is 9.80 Å². The zero-order valence-corrected chi connectivity index (χ0v) is 9.78. The Hall–Kier alpha value is -1.18. The summed E-state index contributed by atoms with van der Waals surface area (Å²) in [6.07, 6.45) is -0.171. The van der Waals surface area contributed by atoms with Crippen molar-refractivity contribution in [2.75, 3.05) is 16.8 Å². The third-order valence-corrected chi connectivity index (χ3v) is 2.87. The molecule has 0 saturated carbocycles. The molecule has 0 fully saturated rings. The van der Waals surface area contributed by atoms with Gasteiger partial charge >= 0.3 is 0 Å². The Morgan fingerprint density at radius 1 is 1.20 bits per heavy atom. The highest BCUT2D eigenvalue weighted by molar-refractivity contribution is 5.77. The molecule has 2 rings (SSSR count). The molecule has 1 heterocycles. The molecule has 0 spiro atoms. The van der Waals surface area contributed by atoms with E-state index in [1.165, 1.54) is 4.90 Å². The fourth-order valence-electron chi connectivity index (χ4n) is 2.31. The molecule has 1 aliphatic heterocycles. The maximum Gasteiger partial charge on any atom is 0.0990 e. The zero-order valence-electron chi connectivity index (χ0n) is 12.8. The average molecular weight is 207 g/mol. The van der Waals surface area contributed by atoms with Crippen molar-refractivity contribution in [2.24, 2.45) is 0 Å². The predicted molar refractivity (Wildman–Crippen MR) is 66.5 cm³/mol. The highest BCUT2D eigenvalue weighted by Crippen LogP contribution is 2.41.